The lowest BCUT2D eigenvalue weighted by molar-refractivity contribution is 0.392. The zero-order valence-electron chi connectivity index (χ0n) is 17.7. The largest absolute Gasteiger partial charge is 0.506 e. The molecule has 0 unspecified atom stereocenters. The molecule has 0 saturated carbocycles. The first-order chi connectivity index (χ1) is 15.3. The Morgan fingerprint density at radius 1 is 0.879 bits per heavy atom. The number of aromatic hydroxyl groups is 1. The van der Waals surface area contributed by atoms with Gasteiger partial charge < -0.3 is 9.84 Å². The molecule has 0 radical (unpaired) electrons. The minimum Gasteiger partial charge on any atom is -0.506 e. The van der Waals surface area contributed by atoms with E-state index in [1.807, 2.05) is 0 Å². The number of hydrogen-bond donors (Lipinski definition) is 2. The number of hydrogen-bond acceptors (Lipinski definition) is 6. The Kier molecular flexibility index (Phi) is 6.37. The second-order valence-electron chi connectivity index (χ2n) is 7.05. The van der Waals surface area contributed by atoms with Crippen molar-refractivity contribution in [1.29, 1.82) is 0 Å². The van der Waals surface area contributed by atoms with Gasteiger partial charge in [0.15, 0.2) is 0 Å². The van der Waals surface area contributed by atoms with E-state index in [0.717, 1.165) is 25.3 Å². The van der Waals surface area contributed by atoms with Gasteiger partial charge in [-0.15, -0.1) is 0 Å². The van der Waals surface area contributed by atoms with E-state index in [1.54, 1.807) is 0 Å². The number of methoxy groups -OCH3 is 1. The third-order valence-corrected chi connectivity index (χ3v) is 7.67. The molecule has 0 aliphatic carbocycles. The molecule has 0 aromatic heterocycles. The monoisotopic (exact) mass is 498 g/mol. The van der Waals surface area contributed by atoms with Gasteiger partial charge in [-0.2, -0.15) is 0 Å². The van der Waals surface area contributed by atoms with Crippen molar-refractivity contribution in [3.8, 4) is 11.5 Å². The van der Waals surface area contributed by atoms with Crippen LogP contribution in [0.2, 0.25) is 0 Å². The smallest absolute Gasteiger partial charge is 0.272 e. The van der Waals surface area contributed by atoms with Gasteiger partial charge in [-0.25, -0.2) is 35.1 Å². The summed E-state index contributed by atoms with van der Waals surface area (Å²) in [4.78, 5) is -1.56. The quantitative estimate of drug-likeness (QED) is 0.536. The Morgan fingerprint density at radius 2 is 1.36 bits per heavy atom. The van der Waals surface area contributed by atoms with Crippen LogP contribution in [-0.4, -0.2) is 29.1 Å². The molecule has 33 heavy (non-hydrogen) atoms. The van der Waals surface area contributed by atoms with Crippen LogP contribution in [0, 0.1) is 25.5 Å². The molecule has 3 rings (SSSR count). The highest BCUT2D eigenvalue weighted by molar-refractivity contribution is 7.93. The van der Waals surface area contributed by atoms with E-state index in [0.29, 0.717) is 10.4 Å². The predicted octanol–water partition coefficient (Wildman–Crippen LogP) is 3.47. The van der Waals surface area contributed by atoms with Gasteiger partial charge in [-0.1, -0.05) is 12.1 Å². The van der Waals surface area contributed by atoms with E-state index in [1.165, 1.54) is 38.1 Å². The number of ether oxygens (including phenoxy) is 1. The van der Waals surface area contributed by atoms with Crippen molar-refractivity contribution >= 4 is 31.4 Å². The van der Waals surface area contributed by atoms with Crippen LogP contribution in [0.25, 0.3) is 0 Å². The molecule has 8 nitrogen and oxygen atoms in total. The number of phenols is 1. The van der Waals surface area contributed by atoms with Crippen LogP contribution in [0.1, 0.15) is 11.1 Å². The SMILES string of the molecule is COc1cc(O)c(S(N)(=O)=O)cc1S(=O)(=O)N(c1cccc(F)c1C)c1cccc(F)c1C. The molecule has 0 amide bonds. The molecular formula is C21H20F2N2O6S2. The molecule has 0 saturated heterocycles. The van der Waals surface area contributed by atoms with Crippen LogP contribution in [0.4, 0.5) is 20.2 Å². The minimum atomic E-state index is -4.78. The first-order valence-electron chi connectivity index (χ1n) is 9.30. The Bertz CT molecular complexity index is 1410. The number of primary sulfonamides is 1. The number of benzene rings is 3. The summed E-state index contributed by atoms with van der Waals surface area (Å²) >= 11 is 0. The first kappa shape index (κ1) is 24.4. The van der Waals surface area contributed by atoms with Gasteiger partial charge in [0.05, 0.1) is 18.5 Å². The molecule has 3 aromatic carbocycles. The summed E-state index contributed by atoms with van der Waals surface area (Å²) in [6.45, 7) is 2.68. The standard InChI is InChI=1S/C21H20F2N2O6S2/c1-12-14(22)6-4-8-16(12)25(17-9-5-7-15(23)13(17)2)33(29,30)21-11-20(32(24,27)28)18(26)10-19(21)31-3/h4-11,26H,1-3H3,(H2,24,27,28). The molecule has 176 valence electrons. The molecule has 3 N–H and O–H groups in total. The van der Waals surface area contributed by atoms with Crippen LogP contribution in [-0.2, 0) is 20.0 Å². The summed E-state index contributed by atoms with van der Waals surface area (Å²) in [5.74, 6) is -2.67. The van der Waals surface area contributed by atoms with Gasteiger partial charge in [-0.05, 0) is 44.2 Å². The number of sulfonamides is 2. The summed E-state index contributed by atoms with van der Waals surface area (Å²) < 4.78 is 86.2. The molecule has 0 aliphatic rings. The second-order valence-corrected chi connectivity index (χ2v) is 10.3. The van der Waals surface area contributed by atoms with Crippen LogP contribution in [0.3, 0.4) is 0 Å². The number of rotatable bonds is 6. The van der Waals surface area contributed by atoms with E-state index in [2.05, 4.69) is 0 Å². The average molecular weight is 499 g/mol. The Balaban J connectivity index is 2.45. The summed E-state index contributed by atoms with van der Waals surface area (Å²) in [5, 5.41) is 15.1. The van der Waals surface area contributed by atoms with E-state index in [-0.39, 0.29) is 22.5 Å². The predicted molar refractivity (Wildman–Crippen MR) is 118 cm³/mol. The summed E-state index contributed by atoms with van der Waals surface area (Å²) in [7, 11) is -8.21. The Labute approximate surface area is 190 Å². The molecule has 0 atom stereocenters. The molecule has 0 bridgehead atoms. The fraction of sp³-hybridized carbons (Fsp3) is 0.143. The topological polar surface area (TPSA) is 127 Å². The van der Waals surface area contributed by atoms with Crippen molar-refractivity contribution in [1.82, 2.24) is 0 Å². The summed E-state index contributed by atoms with van der Waals surface area (Å²) in [6.07, 6.45) is 0. The number of nitrogens with zero attached hydrogens (tertiary/aromatic N) is 1. The van der Waals surface area contributed by atoms with Crippen molar-refractivity contribution in [2.75, 3.05) is 11.4 Å². The molecule has 12 heteroatoms. The number of phenolic OH excluding ortho intramolecular Hbond substituents is 1. The van der Waals surface area contributed by atoms with Crippen molar-refractivity contribution in [2.24, 2.45) is 5.14 Å². The molecule has 0 spiro atoms. The van der Waals surface area contributed by atoms with Crippen molar-refractivity contribution in [3.05, 3.63) is 71.3 Å². The third kappa shape index (κ3) is 4.36. The summed E-state index contributed by atoms with van der Waals surface area (Å²) in [6, 6.07) is 8.85. The molecular weight excluding hydrogens is 478 g/mol. The van der Waals surface area contributed by atoms with Crippen LogP contribution < -0.4 is 14.2 Å². The zero-order chi connectivity index (χ0) is 24.7. The molecule has 0 fully saturated rings. The minimum absolute atomic E-state index is 0.0610. The fourth-order valence-electron chi connectivity index (χ4n) is 3.24. The first-order valence-corrected chi connectivity index (χ1v) is 12.3. The lowest BCUT2D eigenvalue weighted by Crippen LogP contribution is -2.29. The number of nitrogens with two attached hydrogens (primary N) is 1. The van der Waals surface area contributed by atoms with Gasteiger partial charge in [0.2, 0.25) is 10.0 Å². The van der Waals surface area contributed by atoms with Crippen LogP contribution in [0.5, 0.6) is 11.5 Å². The Hall–Kier alpha value is -3.22. The highest BCUT2D eigenvalue weighted by Crippen LogP contribution is 2.42. The van der Waals surface area contributed by atoms with E-state index >= 15 is 0 Å². The van der Waals surface area contributed by atoms with E-state index in [9.17, 15) is 30.7 Å². The summed E-state index contributed by atoms with van der Waals surface area (Å²) in [5.41, 5.74) is -0.407. The van der Waals surface area contributed by atoms with E-state index in [4.69, 9.17) is 9.88 Å². The van der Waals surface area contributed by atoms with Gasteiger partial charge >= 0.3 is 0 Å². The zero-order valence-corrected chi connectivity index (χ0v) is 19.3. The lowest BCUT2D eigenvalue weighted by atomic mass is 10.1. The third-order valence-electron chi connectivity index (χ3n) is 4.99. The molecule has 0 aliphatic heterocycles. The van der Waals surface area contributed by atoms with Gasteiger partial charge in [0.1, 0.15) is 32.9 Å². The van der Waals surface area contributed by atoms with Crippen molar-refractivity contribution in [3.63, 3.8) is 0 Å². The molecule has 3 aromatic rings. The lowest BCUT2D eigenvalue weighted by Gasteiger charge is -2.28. The maximum absolute atomic E-state index is 14.4. The maximum atomic E-state index is 14.4. The number of halogens is 2. The van der Waals surface area contributed by atoms with E-state index < -0.39 is 53.0 Å². The molecule has 0 heterocycles. The van der Waals surface area contributed by atoms with Gasteiger partial charge in [0.25, 0.3) is 10.0 Å². The van der Waals surface area contributed by atoms with Crippen LogP contribution >= 0.6 is 0 Å². The highest BCUT2D eigenvalue weighted by Gasteiger charge is 2.34. The maximum Gasteiger partial charge on any atom is 0.272 e. The normalized spacial score (nSPS) is 11.9. The highest BCUT2D eigenvalue weighted by atomic mass is 32.2. The fourth-order valence-corrected chi connectivity index (χ4v) is 5.72. The van der Waals surface area contributed by atoms with Crippen LogP contribution in [0.15, 0.2) is 58.3 Å². The Morgan fingerprint density at radius 3 is 1.79 bits per heavy atom. The number of anilines is 2. The van der Waals surface area contributed by atoms with Crippen molar-refractivity contribution < 1.29 is 35.5 Å². The second kappa shape index (κ2) is 8.61. The van der Waals surface area contributed by atoms with Crippen molar-refractivity contribution in [2.45, 2.75) is 23.6 Å². The van der Waals surface area contributed by atoms with Gasteiger partial charge in [-0.3, -0.25) is 0 Å². The average Bonchev–Trinajstić information content (AvgIpc) is 2.72. The van der Waals surface area contributed by atoms with Gasteiger partial charge in [0, 0.05) is 17.2 Å².